The van der Waals surface area contributed by atoms with Gasteiger partial charge in [-0.15, -0.1) is 0 Å². The van der Waals surface area contributed by atoms with Gasteiger partial charge in [0.2, 0.25) is 0 Å². The lowest BCUT2D eigenvalue weighted by Crippen LogP contribution is -2.28. The van der Waals surface area contributed by atoms with E-state index in [1.54, 1.807) is 19.1 Å². The van der Waals surface area contributed by atoms with Crippen molar-refractivity contribution in [2.45, 2.75) is 26.7 Å². The van der Waals surface area contributed by atoms with Crippen molar-refractivity contribution < 1.29 is 14.6 Å². The number of nitrogens with zero attached hydrogens (tertiary/aromatic N) is 2. The van der Waals surface area contributed by atoms with Gasteiger partial charge in [-0.2, -0.15) is 0 Å². The molecule has 1 rings (SSSR count). The molecule has 0 unspecified atom stereocenters. The number of aromatic nitrogens is 1. The van der Waals surface area contributed by atoms with Gasteiger partial charge in [0.1, 0.15) is 5.82 Å². The second kappa shape index (κ2) is 8.48. The normalized spacial score (nSPS) is 10.3. The van der Waals surface area contributed by atoms with Crippen molar-refractivity contribution in [2.75, 3.05) is 31.2 Å². The van der Waals surface area contributed by atoms with Crippen LogP contribution in [0.25, 0.3) is 0 Å². The molecule has 0 bridgehead atoms. The third-order valence-electron chi connectivity index (χ3n) is 2.73. The van der Waals surface area contributed by atoms with E-state index in [0.29, 0.717) is 18.7 Å². The van der Waals surface area contributed by atoms with E-state index in [2.05, 4.69) is 11.9 Å². The third kappa shape index (κ3) is 4.87. The Morgan fingerprint density at radius 3 is 2.68 bits per heavy atom. The Morgan fingerprint density at radius 1 is 1.37 bits per heavy atom. The topological polar surface area (TPSA) is 62.7 Å². The molecule has 0 saturated heterocycles. The highest BCUT2D eigenvalue weighted by atomic mass is 16.5. The van der Waals surface area contributed by atoms with Crippen molar-refractivity contribution in [3.05, 3.63) is 23.9 Å². The first-order valence-corrected chi connectivity index (χ1v) is 6.71. The van der Waals surface area contributed by atoms with Gasteiger partial charge in [0.05, 0.1) is 18.8 Å². The van der Waals surface area contributed by atoms with Gasteiger partial charge in [-0.25, -0.2) is 9.78 Å². The van der Waals surface area contributed by atoms with Gasteiger partial charge in [0.25, 0.3) is 0 Å². The Kier molecular flexibility index (Phi) is 6.89. The molecular formula is C14H22N2O3. The zero-order valence-corrected chi connectivity index (χ0v) is 11.6. The molecule has 5 heteroatoms. The van der Waals surface area contributed by atoms with Gasteiger partial charge >= 0.3 is 5.97 Å². The SMILES string of the molecule is CCCCN(CCO)c1ccc(C(=O)OCC)cn1. The lowest BCUT2D eigenvalue weighted by Gasteiger charge is -2.22. The minimum atomic E-state index is -0.358. The van der Waals surface area contributed by atoms with Crippen LogP contribution in [0.3, 0.4) is 0 Å². The molecular weight excluding hydrogens is 244 g/mol. The summed E-state index contributed by atoms with van der Waals surface area (Å²) >= 11 is 0. The number of anilines is 1. The van der Waals surface area contributed by atoms with Crippen molar-refractivity contribution in [2.24, 2.45) is 0 Å². The molecule has 0 saturated carbocycles. The van der Waals surface area contributed by atoms with Crippen molar-refractivity contribution in [1.29, 1.82) is 0 Å². The molecule has 1 aromatic heterocycles. The summed E-state index contributed by atoms with van der Waals surface area (Å²) in [5.41, 5.74) is 0.449. The van der Waals surface area contributed by atoms with E-state index < -0.39 is 0 Å². The summed E-state index contributed by atoms with van der Waals surface area (Å²) in [5, 5.41) is 9.07. The Morgan fingerprint density at radius 2 is 2.16 bits per heavy atom. The molecule has 0 atom stereocenters. The molecule has 5 nitrogen and oxygen atoms in total. The minimum absolute atomic E-state index is 0.0883. The van der Waals surface area contributed by atoms with Crippen LogP contribution in [0.1, 0.15) is 37.0 Å². The lowest BCUT2D eigenvalue weighted by atomic mass is 10.2. The van der Waals surface area contributed by atoms with E-state index in [4.69, 9.17) is 9.84 Å². The predicted molar refractivity (Wildman–Crippen MR) is 74.4 cm³/mol. The monoisotopic (exact) mass is 266 g/mol. The zero-order valence-electron chi connectivity index (χ0n) is 11.6. The van der Waals surface area contributed by atoms with Gasteiger partial charge in [-0.05, 0) is 25.5 Å². The molecule has 19 heavy (non-hydrogen) atoms. The molecule has 0 spiro atoms. The fraction of sp³-hybridized carbons (Fsp3) is 0.571. The number of hydrogen-bond acceptors (Lipinski definition) is 5. The number of aliphatic hydroxyl groups excluding tert-OH is 1. The Hall–Kier alpha value is -1.62. The quantitative estimate of drug-likeness (QED) is 0.728. The average molecular weight is 266 g/mol. The number of hydrogen-bond donors (Lipinski definition) is 1. The maximum Gasteiger partial charge on any atom is 0.339 e. The minimum Gasteiger partial charge on any atom is -0.462 e. The molecule has 0 aromatic carbocycles. The summed E-state index contributed by atoms with van der Waals surface area (Å²) in [6.45, 7) is 5.73. The van der Waals surface area contributed by atoms with Gasteiger partial charge in [0, 0.05) is 19.3 Å². The van der Waals surface area contributed by atoms with Crippen molar-refractivity contribution in [3.8, 4) is 0 Å². The van der Waals surface area contributed by atoms with Crippen LogP contribution in [0.2, 0.25) is 0 Å². The summed E-state index contributed by atoms with van der Waals surface area (Å²) in [5.74, 6) is 0.416. The van der Waals surface area contributed by atoms with Crippen LogP contribution in [-0.2, 0) is 4.74 Å². The van der Waals surface area contributed by atoms with Gasteiger partial charge in [-0.1, -0.05) is 13.3 Å². The standard InChI is InChI=1S/C14H22N2O3/c1-3-5-8-16(9-10-17)13-7-6-12(11-15-13)14(18)19-4-2/h6-7,11,17H,3-5,8-10H2,1-2H3. The van der Waals surface area contributed by atoms with Crippen LogP contribution in [0, 0.1) is 0 Å². The van der Waals surface area contributed by atoms with Crippen LogP contribution in [-0.4, -0.2) is 42.4 Å². The zero-order chi connectivity index (χ0) is 14.1. The van der Waals surface area contributed by atoms with E-state index in [-0.39, 0.29) is 12.6 Å². The number of aliphatic hydroxyl groups is 1. The van der Waals surface area contributed by atoms with Gasteiger partial charge in [-0.3, -0.25) is 0 Å². The van der Waals surface area contributed by atoms with Gasteiger partial charge < -0.3 is 14.7 Å². The Balaban J connectivity index is 2.73. The fourth-order valence-electron chi connectivity index (χ4n) is 1.72. The highest BCUT2D eigenvalue weighted by molar-refractivity contribution is 5.89. The number of carbonyl (C=O) groups excluding carboxylic acids is 1. The molecule has 1 heterocycles. The first-order chi connectivity index (χ1) is 9.22. The fourth-order valence-corrected chi connectivity index (χ4v) is 1.72. The third-order valence-corrected chi connectivity index (χ3v) is 2.73. The summed E-state index contributed by atoms with van der Waals surface area (Å²) in [4.78, 5) is 17.8. The second-order valence-electron chi connectivity index (χ2n) is 4.19. The Bertz CT molecular complexity index is 379. The van der Waals surface area contributed by atoms with E-state index >= 15 is 0 Å². The number of esters is 1. The summed E-state index contributed by atoms with van der Waals surface area (Å²) in [6, 6.07) is 3.49. The van der Waals surface area contributed by atoms with Crippen molar-refractivity contribution >= 4 is 11.8 Å². The highest BCUT2D eigenvalue weighted by Crippen LogP contribution is 2.12. The van der Waals surface area contributed by atoms with Crippen molar-refractivity contribution in [1.82, 2.24) is 4.98 Å². The predicted octanol–water partition coefficient (Wildman–Crippen LogP) is 1.86. The molecule has 0 radical (unpaired) electrons. The summed E-state index contributed by atoms with van der Waals surface area (Å²) in [6.07, 6.45) is 3.65. The smallest absolute Gasteiger partial charge is 0.339 e. The molecule has 0 amide bonds. The second-order valence-corrected chi connectivity index (χ2v) is 4.19. The summed E-state index contributed by atoms with van der Waals surface area (Å²) in [7, 11) is 0. The van der Waals surface area contributed by atoms with Crippen LogP contribution in [0.15, 0.2) is 18.3 Å². The largest absolute Gasteiger partial charge is 0.462 e. The van der Waals surface area contributed by atoms with E-state index in [0.717, 1.165) is 25.2 Å². The first kappa shape index (κ1) is 15.4. The van der Waals surface area contributed by atoms with E-state index in [1.165, 1.54) is 6.20 Å². The Labute approximate surface area is 114 Å². The number of ether oxygens (including phenoxy) is 1. The number of carbonyl (C=O) groups is 1. The molecule has 0 fully saturated rings. The highest BCUT2D eigenvalue weighted by Gasteiger charge is 2.10. The molecule has 0 aliphatic carbocycles. The average Bonchev–Trinajstić information content (AvgIpc) is 2.44. The molecule has 0 aliphatic heterocycles. The molecule has 106 valence electrons. The van der Waals surface area contributed by atoms with Crippen LogP contribution >= 0.6 is 0 Å². The number of pyridine rings is 1. The van der Waals surface area contributed by atoms with Crippen LogP contribution < -0.4 is 4.90 Å². The first-order valence-electron chi connectivity index (χ1n) is 6.71. The maximum absolute atomic E-state index is 11.5. The number of unbranched alkanes of at least 4 members (excludes halogenated alkanes) is 1. The molecule has 0 aliphatic rings. The number of rotatable bonds is 8. The van der Waals surface area contributed by atoms with Crippen molar-refractivity contribution in [3.63, 3.8) is 0 Å². The van der Waals surface area contributed by atoms with Gasteiger partial charge in [0.15, 0.2) is 0 Å². The van der Waals surface area contributed by atoms with Crippen LogP contribution in [0.5, 0.6) is 0 Å². The molecule has 1 aromatic rings. The maximum atomic E-state index is 11.5. The lowest BCUT2D eigenvalue weighted by molar-refractivity contribution is 0.0526. The molecule has 1 N–H and O–H groups in total. The van der Waals surface area contributed by atoms with E-state index in [1.807, 2.05) is 4.90 Å². The van der Waals surface area contributed by atoms with E-state index in [9.17, 15) is 4.79 Å². The summed E-state index contributed by atoms with van der Waals surface area (Å²) < 4.78 is 4.91. The van der Waals surface area contributed by atoms with Crippen LogP contribution in [0.4, 0.5) is 5.82 Å².